The van der Waals surface area contributed by atoms with Crippen molar-refractivity contribution in [3.8, 4) is 11.1 Å². The fourth-order valence-electron chi connectivity index (χ4n) is 4.50. The summed E-state index contributed by atoms with van der Waals surface area (Å²) in [6, 6.07) is 5.38. The first-order valence-corrected chi connectivity index (χ1v) is 9.87. The summed E-state index contributed by atoms with van der Waals surface area (Å²) in [7, 11) is 0. The Labute approximate surface area is 158 Å². The maximum Gasteiger partial charge on any atom is 0.225 e. The normalized spacial score (nSPS) is 24.1. The van der Waals surface area contributed by atoms with Gasteiger partial charge in [-0.25, -0.2) is 4.39 Å². The minimum Gasteiger partial charge on any atom is -0.393 e. The van der Waals surface area contributed by atoms with Gasteiger partial charge in [0.25, 0.3) is 0 Å². The molecule has 5 nitrogen and oxygen atoms in total. The molecule has 0 bridgehead atoms. The molecule has 0 radical (unpaired) electrons. The number of aromatic nitrogens is 2. The SMILES string of the molecule is O=C(C1CCCC(O)C1)N1CCC(c2ccc(-c3cn[nH]c3)cc2F)CC1. The highest BCUT2D eigenvalue weighted by atomic mass is 19.1. The maximum atomic E-state index is 14.7. The Morgan fingerprint density at radius 2 is 2.00 bits per heavy atom. The number of amides is 1. The zero-order chi connectivity index (χ0) is 18.8. The Balaban J connectivity index is 1.38. The van der Waals surface area contributed by atoms with Crippen molar-refractivity contribution in [1.82, 2.24) is 15.1 Å². The van der Waals surface area contributed by atoms with Gasteiger partial charge in [-0.3, -0.25) is 9.89 Å². The number of aromatic amines is 1. The molecule has 1 aromatic carbocycles. The van der Waals surface area contributed by atoms with Gasteiger partial charge in [0.2, 0.25) is 5.91 Å². The molecule has 2 heterocycles. The minimum absolute atomic E-state index is 0.0451. The Morgan fingerprint density at radius 3 is 2.67 bits per heavy atom. The van der Waals surface area contributed by atoms with E-state index in [1.54, 1.807) is 18.5 Å². The van der Waals surface area contributed by atoms with Crippen LogP contribution in [-0.4, -0.2) is 45.3 Å². The van der Waals surface area contributed by atoms with E-state index < -0.39 is 0 Å². The molecular weight excluding hydrogens is 345 g/mol. The summed E-state index contributed by atoms with van der Waals surface area (Å²) in [5.74, 6) is 0.0810. The second kappa shape index (κ2) is 7.80. The lowest BCUT2D eigenvalue weighted by molar-refractivity contribution is -0.139. The number of carbonyl (C=O) groups is 1. The third-order valence-corrected chi connectivity index (χ3v) is 6.07. The first-order valence-electron chi connectivity index (χ1n) is 9.87. The number of nitrogens with zero attached hydrogens (tertiary/aromatic N) is 2. The number of likely N-dealkylation sites (tertiary alicyclic amines) is 1. The van der Waals surface area contributed by atoms with E-state index in [1.165, 1.54) is 0 Å². The molecule has 1 saturated heterocycles. The highest BCUT2D eigenvalue weighted by Gasteiger charge is 2.32. The molecule has 1 aromatic heterocycles. The van der Waals surface area contributed by atoms with Crippen LogP contribution in [0.25, 0.3) is 11.1 Å². The van der Waals surface area contributed by atoms with E-state index in [0.29, 0.717) is 19.5 Å². The van der Waals surface area contributed by atoms with Gasteiger partial charge in [-0.05, 0) is 55.2 Å². The number of carbonyl (C=O) groups excluding carboxylic acids is 1. The number of nitrogens with one attached hydrogen (secondary N) is 1. The number of aliphatic hydroxyl groups is 1. The monoisotopic (exact) mass is 371 g/mol. The van der Waals surface area contributed by atoms with E-state index >= 15 is 0 Å². The predicted octanol–water partition coefficient (Wildman–Crippen LogP) is 3.47. The van der Waals surface area contributed by atoms with Crippen molar-refractivity contribution in [2.45, 2.75) is 50.5 Å². The maximum absolute atomic E-state index is 14.7. The van der Waals surface area contributed by atoms with Crippen molar-refractivity contribution in [3.05, 3.63) is 42.0 Å². The fourth-order valence-corrected chi connectivity index (χ4v) is 4.50. The minimum atomic E-state index is -0.340. The van der Waals surface area contributed by atoms with Crippen molar-refractivity contribution in [2.24, 2.45) is 5.92 Å². The van der Waals surface area contributed by atoms with E-state index in [1.807, 2.05) is 17.0 Å². The van der Waals surface area contributed by atoms with Gasteiger partial charge in [0.05, 0.1) is 12.3 Å². The third kappa shape index (κ3) is 3.90. The number of rotatable bonds is 3. The second-order valence-electron chi connectivity index (χ2n) is 7.84. The Kier molecular flexibility index (Phi) is 5.25. The van der Waals surface area contributed by atoms with Crippen molar-refractivity contribution >= 4 is 5.91 Å². The number of halogens is 1. The van der Waals surface area contributed by atoms with Crippen LogP contribution in [0.4, 0.5) is 4.39 Å². The number of aliphatic hydroxyl groups excluding tert-OH is 1. The van der Waals surface area contributed by atoms with Gasteiger partial charge in [0, 0.05) is 30.8 Å². The molecule has 2 atom stereocenters. The van der Waals surface area contributed by atoms with Crippen molar-refractivity contribution in [3.63, 3.8) is 0 Å². The first kappa shape index (κ1) is 18.2. The standard InChI is InChI=1S/C21H26FN3O2/c22-20-11-15(17-12-23-24-13-17)4-5-19(20)14-6-8-25(9-7-14)21(27)16-2-1-3-18(26)10-16/h4-5,11-14,16,18,26H,1-3,6-10H2,(H,23,24). The molecule has 144 valence electrons. The van der Waals surface area contributed by atoms with E-state index in [9.17, 15) is 14.3 Å². The molecule has 4 rings (SSSR count). The van der Waals surface area contributed by atoms with Gasteiger partial charge in [-0.2, -0.15) is 5.10 Å². The number of benzene rings is 1. The molecule has 2 fully saturated rings. The van der Waals surface area contributed by atoms with Gasteiger partial charge in [-0.15, -0.1) is 0 Å². The topological polar surface area (TPSA) is 69.2 Å². The molecule has 1 aliphatic carbocycles. The highest BCUT2D eigenvalue weighted by molar-refractivity contribution is 5.79. The van der Waals surface area contributed by atoms with Gasteiger partial charge in [-0.1, -0.05) is 18.6 Å². The smallest absolute Gasteiger partial charge is 0.225 e. The van der Waals surface area contributed by atoms with Crippen molar-refractivity contribution in [2.75, 3.05) is 13.1 Å². The lowest BCUT2D eigenvalue weighted by Gasteiger charge is -2.36. The van der Waals surface area contributed by atoms with E-state index in [0.717, 1.165) is 48.8 Å². The van der Waals surface area contributed by atoms with Gasteiger partial charge >= 0.3 is 0 Å². The molecule has 2 unspecified atom stereocenters. The quantitative estimate of drug-likeness (QED) is 0.868. The zero-order valence-corrected chi connectivity index (χ0v) is 15.4. The van der Waals surface area contributed by atoms with Gasteiger partial charge in [0.15, 0.2) is 0 Å². The molecule has 6 heteroatoms. The Bertz CT molecular complexity index is 785. The fraction of sp³-hybridized carbons (Fsp3) is 0.524. The molecule has 1 aliphatic heterocycles. The number of hydrogen-bond donors (Lipinski definition) is 2. The zero-order valence-electron chi connectivity index (χ0n) is 15.4. The van der Waals surface area contributed by atoms with Crippen LogP contribution in [0.1, 0.15) is 50.0 Å². The van der Waals surface area contributed by atoms with E-state index in [4.69, 9.17) is 0 Å². The first-order chi connectivity index (χ1) is 13.1. The van der Waals surface area contributed by atoms with E-state index in [-0.39, 0.29) is 29.7 Å². The third-order valence-electron chi connectivity index (χ3n) is 6.07. The number of hydrogen-bond acceptors (Lipinski definition) is 3. The average molecular weight is 371 g/mol. The summed E-state index contributed by atoms with van der Waals surface area (Å²) < 4.78 is 14.7. The van der Waals surface area contributed by atoms with Crippen LogP contribution in [0, 0.1) is 11.7 Å². The van der Waals surface area contributed by atoms with Crippen LogP contribution in [0.2, 0.25) is 0 Å². The molecular formula is C21H26FN3O2. The molecule has 2 N–H and O–H groups in total. The van der Waals surface area contributed by atoms with Crippen molar-refractivity contribution in [1.29, 1.82) is 0 Å². The van der Waals surface area contributed by atoms with E-state index in [2.05, 4.69) is 10.2 Å². The lowest BCUT2D eigenvalue weighted by atomic mass is 9.84. The second-order valence-corrected chi connectivity index (χ2v) is 7.84. The molecule has 2 aromatic rings. The average Bonchev–Trinajstić information content (AvgIpc) is 3.22. The van der Waals surface area contributed by atoms with Gasteiger partial charge < -0.3 is 10.0 Å². The molecule has 2 aliphatic rings. The molecule has 1 saturated carbocycles. The van der Waals surface area contributed by atoms with Crippen LogP contribution in [0.3, 0.4) is 0 Å². The molecule has 0 spiro atoms. The van der Waals surface area contributed by atoms with Crippen LogP contribution in [0.15, 0.2) is 30.6 Å². The molecule has 1 amide bonds. The largest absolute Gasteiger partial charge is 0.393 e. The van der Waals surface area contributed by atoms with Crippen LogP contribution in [0.5, 0.6) is 0 Å². The number of H-pyrrole nitrogens is 1. The van der Waals surface area contributed by atoms with Crippen molar-refractivity contribution < 1.29 is 14.3 Å². The number of piperidine rings is 1. The van der Waals surface area contributed by atoms with Crippen LogP contribution in [-0.2, 0) is 4.79 Å². The summed E-state index contributed by atoms with van der Waals surface area (Å²) in [6.45, 7) is 1.33. The molecule has 27 heavy (non-hydrogen) atoms. The van der Waals surface area contributed by atoms with Gasteiger partial charge in [0.1, 0.15) is 5.82 Å². The Morgan fingerprint density at radius 1 is 1.19 bits per heavy atom. The predicted molar refractivity (Wildman–Crippen MR) is 101 cm³/mol. The Hall–Kier alpha value is -2.21. The summed E-state index contributed by atoms with van der Waals surface area (Å²) in [5.41, 5.74) is 2.42. The summed E-state index contributed by atoms with van der Waals surface area (Å²) >= 11 is 0. The van der Waals surface area contributed by atoms with Crippen LogP contribution < -0.4 is 0 Å². The van der Waals surface area contributed by atoms with Crippen LogP contribution >= 0.6 is 0 Å². The summed E-state index contributed by atoms with van der Waals surface area (Å²) in [6.07, 6.45) is 7.84. The lowest BCUT2D eigenvalue weighted by Crippen LogP contribution is -2.43. The highest BCUT2D eigenvalue weighted by Crippen LogP contribution is 2.33. The summed E-state index contributed by atoms with van der Waals surface area (Å²) in [5, 5.41) is 16.5. The summed E-state index contributed by atoms with van der Waals surface area (Å²) in [4.78, 5) is 14.6.